The van der Waals surface area contributed by atoms with Crippen LogP contribution in [0, 0.1) is 10.1 Å². The molecule has 0 bridgehead atoms. The van der Waals surface area contributed by atoms with Crippen LogP contribution in [0.1, 0.15) is 37.7 Å². The largest absolute Gasteiger partial charge is 0.307 e. The molecule has 1 heterocycles. The van der Waals surface area contributed by atoms with Gasteiger partial charge in [-0.05, 0) is 30.5 Å². The van der Waals surface area contributed by atoms with Crippen LogP contribution < -0.4 is 5.32 Å². The molecule has 1 saturated heterocycles. The first-order valence-corrected chi connectivity index (χ1v) is 9.83. The van der Waals surface area contributed by atoms with Gasteiger partial charge in [0.2, 0.25) is 0 Å². The van der Waals surface area contributed by atoms with Gasteiger partial charge in [-0.2, -0.15) is 0 Å². The van der Waals surface area contributed by atoms with E-state index in [2.05, 4.69) is 5.32 Å². The molecular weight excluding hydrogens is 364 g/mol. The summed E-state index contributed by atoms with van der Waals surface area (Å²) in [7, 11) is 0. The van der Waals surface area contributed by atoms with Gasteiger partial charge in [-0.3, -0.25) is 14.9 Å². The van der Waals surface area contributed by atoms with Crippen molar-refractivity contribution in [3.63, 3.8) is 0 Å². The van der Waals surface area contributed by atoms with Crippen LogP contribution in [0.2, 0.25) is 0 Å². The Kier molecular flexibility index (Phi) is 5.57. The quantitative estimate of drug-likeness (QED) is 0.359. The third-order valence-electron chi connectivity index (χ3n) is 3.97. The monoisotopic (exact) mass is 380 g/mol. The van der Waals surface area contributed by atoms with Crippen molar-refractivity contribution in [3.05, 3.63) is 38.8 Å². The molecule has 1 aliphatic carbocycles. The predicted octanol–water partition coefficient (Wildman–Crippen LogP) is 4.51. The molecule has 0 aromatic heterocycles. The molecule has 0 atom stereocenters. The van der Waals surface area contributed by atoms with Crippen LogP contribution in [0.3, 0.4) is 0 Å². The van der Waals surface area contributed by atoms with Gasteiger partial charge in [0.1, 0.15) is 4.32 Å². The number of nitro benzene ring substituents is 1. The maximum absolute atomic E-state index is 11.7. The molecule has 126 valence electrons. The summed E-state index contributed by atoms with van der Waals surface area (Å²) in [6, 6.07) is 5.15. The smallest absolute Gasteiger partial charge is 0.283 e. The number of carbonyl (C=O) groups excluding carboxylic acids is 1. The third kappa shape index (κ3) is 4.17. The number of benzene rings is 1. The Morgan fingerprint density at radius 2 is 2.08 bits per heavy atom. The lowest BCUT2D eigenvalue weighted by atomic mass is 10.0. The van der Waals surface area contributed by atoms with Gasteiger partial charge in [-0.1, -0.05) is 49.3 Å². The van der Waals surface area contributed by atoms with E-state index < -0.39 is 0 Å². The lowest BCUT2D eigenvalue weighted by Gasteiger charge is -2.20. The molecule has 1 amide bonds. The molecule has 3 rings (SSSR count). The highest BCUT2D eigenvalue weighted by Crippen LogP contribution is 2.39. The fourth-order valence-electron chi connectivity index (χ4n) is 2.80. The molecular formula is C16H16N2O3S3. The summed E-state index contributed by atoms with van der Waals surface area (Å²) in [5.74, 6) is -0.256. The second kappa shape index (κ2) is 7.67. The molecule has 0 spiro atoms. The van der Waals surface area contributed by atoms with Gasteiger partial charge < -0.3 is 5.32 Å². The second-order valence-electron chi connectivity index (χ2n) is 5.71. The van der Waals surface area contributed by atoms with Crippen molar-refractivity contribution in [2.75, 3.05) is 0 Å². The first-order chi connectivity index (χ1) is 11.5. The number of nitrogens with one attached hydrogen (secondary N) is 1. The molecule has 1 saturated carbocycles. The third-order valence-corrected chi connectivity index (χ3v) is 6.53. The number of thiocarbonyl (C=S) groups is 1. The topological polar surface area (TPSA) is 72.2 Å². The zero-order valence-electron chi connectivity index (χ0n) is 12.8. The Hall–Kier alpha value is -1.38. The zero-order chi connectivity index (χ0) is 17.1. The molecule has 0 unspecified atom stereocenters. The number of carbonyl (C=O) groups is 1. The van der Waals surface area contributed by atoms with E-state index >= 15 is 0 Å². The van der Waals surface area contributed by atoms with E-state index in [1.165, 1.54) is 37.1 Å². The van der Waals surface area contributed by atoms with Crippen LogP contribution in [-0.2, 0) is 4.79 Å². The Morgan fingerprint density at radius 3 is 2.71 bits per heavy atom. The molecule has 24 heavy (non-hydrogen) atoms. The normalized spacial score (nSPS) is 20.4. The SMILES string of the molecule is O=C1NC(=S)S/C1=C\c1ccc(SC2CCCCC2)c([N+](=O)[O-])c1. The average Bonchev–Trinajstić information content (AvgIpc) is 2.87. The first kappa shape index (κ1) is 17.4. The highest BCUT2D eigenvalue weighted by Gasteiger charge is 2.24. The van der Waals surface area contributed by atoms with E-state index in [4.69, 9.17) is 12.2 Å². The van der Waals surface area contributed by atoms with E-state index in [0.717, 1.165) is 12.8 Å². The van der Waals surface area contributed by atoms with Crippen molar-refractivity contribution in [2.45, 2.75) is 42.2 Å². The Bertz CT molecular complexity index is 727. The van der Waals surface area contributed by atoms with Crippen LogP contribution in [0.15, 0.2) is 28.0 Å². The number of amides is 1. The Morgan fingerprint density at radius 1 is 1.33 bits per heavy atom. The van der Waals surface area contributed by atoms with Crippen molar-refractivity contribution in [1.82, 2.24) is 5.32 Å². The number of hydrogen-bond donors (Lipinski definition) is 1. The van der Waals surface area contributed by atoms with Crippen LogP contribution in [0.4, 0.5) is 5.69 Å². The summed E-state index contributed by atoms with van der Waals surface area (Å²) in [6.07, 6.45) is 7.52. The van der Waals surface area contributed by atoms with E-state index in [-0.39, 0.29) is 16.5 Å². The number of nitrogens with zero attached hydrogens (tertiary/aromatic N) is 1. The minimum Gasteiger partial charge on any atom is -0.307 e. The molecule has 5 nitrogen and oxygen atoms in total. The predicted molar refractivity (Wildman–Crippen MR) is 102 cm³/mol. The average molecular weight is 381 g/mol. The van der Waals surface area contributed by atoms with Crippen molar-refractivity contribution < 1.29 is 9.72 Å². The van der Waals surface area contributed by atoms with Gasteiger partial charge in [-0.25, -0.2) is 0 Å². The number of rotatable bonds is 4. The molecule has 1 aromatic carbocycles. The van der Waals surface area contributed by atoms with Gasteiger partial charge in [0.05, 0.1) is 14.7 Å². The molecule has 0 radical (unpaired) electrons. The van der Waals surface area contributed by atoms with Crippen molar-refractivity contribution in [2.24, 2.45) is 0 Å². The Labute approximate surface area is 153 Å². The maximum atomic E-state index is 11.7. The Balaban J connectivity index is 1.84. The number of thioether (sulfide) groups is 2. The van der Waals surface area contributed by atoms with Crippen LogP contribution >= 0.6 is 35.7 Å². The minimum absolute atomic E-state index is 0.103. The van der Waals surface area contributed by atoms with Gasteiger partial charge in [0, 0.05) is 11.3 Å². The van der Waals surface area contributed by atoms with Crippen LogP contribution in [0.25, 0.3) is 6.08 Å². The van der Waals surface area contributed by atoms with Gasteiger partial charge in [-0.15, -0.1) is 11.8 Å². The molecule has 1 aromatic rings. The highest BCUT2D eigenvalue weighted by molar-refractivity contribution is 8.26. The van der Waals surface area contributed by atoms with Gasteiger partial charge >= 0.3 is 0 Å². The summed E-state index contributed by atoms with van der Waals surface area (Å²) in [6.45, 7) is 0. The van der Waals surface area contributed by atoms with Crippen LogP contribution in [0.5, 0.6) is 0 Å². The molecule has 1 aliphatic heterocycles. The van der Waals surface area contributed by atoms with Gasteiger partial charge in [0.15, 0.2) is 0 Å². The molecule has 2 aliphatic rings. The molecule has 8 heteroatoms. The maximum Gasteiger partial charge on any atom is 0.283 e. The van der Waals surface area contributed by atoms with Gasteiger partial charge in [0.25, 0.3) is 11.6 Å². The molecule has 1 N–H and O–H groups in total. The lowest BCUT2D eigenvalue weighted by Crippen LogP contribution is -2.17. The summed E-state index contributed by atoms with van der Waals surface area (Å²) < 4.78 is 0.408. The summed E-state index contributed by atoms with van der Waals surface area (Å²) in [5, 5.41) is 14.4. The fraction of sp³-hybridized carbons (Fsp3) is 0.375. The lowest BCUT2D eigenvalue weighted by molar-refractivity contribution is -0.387. The van der Waals surface area contributed by atoms with E-state index in [0.29, 0.717) is 24.9 Å². The second-order valence-corrected chi connectivity index (χ2v) is 8.78. The molecule has 2 fully saturated rings. The van der Waals surface area contributed by atoms with E-state index in [1.807, 2.05) is 6.07 Å². The number of nitro groups is 1. The minimum atomic E-state index is -0.348. The van der Waals surface area contributed by atoms with Crippen molar-refractivity contribution in [3.8, 4) is 0 Å². The highest BCUT2D eigenvalue weighted by atomic mass is 32.2. The summed E-state index contributed by atoms with van der Waals surface area (Å²) >= 11 is 7.72. The van der Waals surface area contributed by atoms with E-state index in [9.17, 15) is 14.9 Å². The first-order valence-electron chi connectivity index (χ1n) is 7.73. The summed E-state index contributed by atoms with van der Waals surface area (Å²) in [5.41, 5.74) is 0.739. The van der Waals surface area contributed by atoms with Crippen molar-refractivity contribution >= 4 is 57.7 Å². The number of hydrogen-bond acceptors (Lipinski definition) is 6. The fourth-order valence-corrected chi connectivity index (χ4v) is 5.17. The van der Waals surface area contributed by atoms with Crippen molar-refractivity contribution in [1.29, 1.82) is 0 Å². The van der Waals surface area contributed by atoms with E-state index in [1.54, 1.807) is 23.9 Å². The summed E-state index contributed by atoms with van der Waals surface area (Å²) in [4.78, 5) is 24.0. The van der Waals surface area contributed by atoms with Crippen LogP contribution in [-0.4, -0.2) is 20.4 Å². The zero-order valence-corrected chi connectivity index (χ0v) is 15.3. The standard InChI is InChI=1S/C16H16N2O3S3/c19-15-14(24-16(22)17-15)9-10-6-7-13(12(8-10)18(20)21)23-11-4-2-1-3-5-11/h6-9,11H,1-5H2,(H,17,19,22)/b14-9-.